The summed E-state index contributed by atoms with van der Waals surface area (Å²) in [5.41, 5.74) is 0. The Morgan fingerprint density at radius 3 is 0.840 bits per heavy atom. The van der Waals surface area contributed by atoms with Crippen LogP contribution in [0.1, 0.15) is 311 Å². The lowest BCUT2D eigenvalue weighted by Gasteiger charge is -2.21. The van der Waals surface area contributed by atoms with Crippen LogP contribution in [0.2, 0.25) is 0 Å². The van der Waals surface area contributed by atoms with Crippen LogP contribution in [-0.4, -0.2) is 96.7 Å². The molecular weight excluding hydrogens is 1080 g/mol. The second kappa shape index (κ2) is 55.9. The maximum absolute atomic E-state index is 13.0. The summed E-state index contributed by atoms with van der Waals surface area (Å²) in [4.78, 5) is 72.0. The van der Waals surface area contributed by atoms with Crippen molar-refractivity contribution in [2.45, 2.75) is 329 Å². The van der Waals surface area contributed by atoms with E-state index < -0.39 is 97.5 Å². The average Bonchev–Trinajstić information content (AvgIpc) is 3.43. The third-order valence-corrected chi connectivity index (χ3v) is 16.2. The normalized spacial score (nSPS) is 14.3. The fourth-order valence-corrected chi connectivity index (χ4v) is 10.8. The molecule has 0 aliphatic carbocycles. The Bertz CT molecular complexity index is 1580. The van der Waals surface area contributed by atoms with E-state index in [-0.39, 0.29) is 25.7 Å². The predicted octanol–water partition coefficient (Wildman–Crippen LogP) is 17.0. The number of hydrogen-bond donors (Lipinski definition) is 3. The maximum atomic E-state index is 13.0. The first kappa shape index (κ1) is 79.1. The van der Waals surface area contributed by atoms with Crippen molar-refractivity contribution in [3.05, 3.63) is 0 Å². The number of phosphoric ester groups is 2. The Kier molecular flexibility index (Phi) is 54.6. The first-order valence-corrected chi connectivity index (χ1v) is 35.6. The van der Waals surface area contributed by atoms with E-state index in [1.165, 1.54) is 122 Å². The van der Waals surface area contributed by atoms with E-state index in [1.807, 2.05) is 0 Å². The summed E-state index contributed by atoms with van der Waals surface area (Å²) in [6.45, 7) is 7.10. The molecule has 0 saturated carbocycles. The van der Waals surface area contributed by atoms with Crippen molar-refractivity contribution < 1.29 is 80.2 Å². The number of phosphoric acid groups is 2. The molecule has 0 spiro atoms. The molecule has 5 atom stereocenters. The lowest BCUT2D eigenvalue weighted by molar-refractivity contribution is -0.161. The van der Waals surface area contributed by atoms with Crippen molar-refractivity contribution in [1.82, 2.24) is 0 Å². The molecule has 2 unspecified atom stereocenters. The van der Waals surface area contributed by atoms with Crippen LogP contribution >= 0.6 is 15.6 Å². The topological polar surface area (TPSA) is 237 Å². The minimum Gasteiger partial charge on any atom is -0.462 e. The molecule has 0 aromatic carbocycles. The van der Waals surface area contributed by atoms with Gasteiger partial charge in [-0.05, 0) is 31.6 Å². The molecule has 3 N–H and O–H groups in total. The largest absolute Gasteiger partial charge is 0.472 e. The van der Waals surface area contributed by atoms with Crippen molar-refractivity contribution >= 4 is 39.5 Å². The van der Waals surface area contributed by atoms with Gasteiger partial charge in [0.05, 0.1) is 26.4 Å². The molecule has 0 fully saturated rings. The molecule has 81 heavy (non-hydrogen) atoms. The van der Waals surface area contributed by atoms with Crippen LogP contribution in [0.15, 0.2) is 0 Å². The molecule has 0 bridgehead atoms. The number of aliphatic hydroxyl groups is 1. The molecule has 0 aromatic rings. The van der Waals surface area contributed by atoms with Crippen molar-refractivity contribution in [3.8, 4) is 0 Å². The fraction of sp³-hybridized carbons (Fsp3) is 0.935. The van der Waals surface area contributed by atoms with Gasteiger partial charge in [-0.15, -0.1) is 0 Å². The zero-order chi connectivity index (χ0) is 59.9. The molecule has 0 rings (SSSR count). The lowest BCUT2D eigenvalue weighted by Crippen LogP contribution is -2.30. The van der Waals surface area contributed by atoms with Crippen molar-refractivity contribution in [1.29, 1.82) is 0 Å². The average molecular weight is 1200 g/mol. The zero-order valence-electron chi connectivity index (χ0n) is 51.9. The number of ether oxygens (including phenoxy) is 4. The number of rotatable bonds is 62. The summed E-state index contributed by atoms with van der Waals surface area (Å²) in [6, 6.07) is 0. The second-order valence-corrected chi connectivity index (χ2v) is 25.8. The highest BCUT2D eigenvalue weighted by atomic mass is 31.2. The number of carbonyl (C=O) groups is 4. The van der Waals surface area contributed by atoms with Crippen LogP contribution in [-0.2, 0) is 65.4 Å². The van der Waals surface area contributed by atoms with Gasteiger partial charge in [-0.2, -0.15) is 0 Å². The van der Waals surface area contributed by atoms with Gasteiger partial charge in [0.2, 0.25) is 0 Å². The van der Waals surface area contributed by atoms with Gasteiger partial charge in [0.25, 0.3) is 0 Å². The van der Waals surface area contributed by atoms with E-state index in [0.717, 1.165) is 109 Å². The van der Waals surface area contributed by atoms with Crippen LogP contribution < -0.4 is 0 Å². The molecule has 0 aliphatic rings. The summed E-state index contributed by atoms with van der Waals surface area (Å²) in [7, 11) is -9.88. The second-order valence-electron chi connectivity index (χ2n) is 22.9. The number of aliphatic hydroxyl groups excluding tert-OH is 1. The standard InChI is InChI=1S/C62H120O17P2/c1-6-9-12-15-18-21-22-23-24-25-26-33-38-43-48-62(67)79-58(52-73-60(65)46-41-36-32-28-27-29-34-39-44-55(4)5)54-77-81(70,71)75-50-56(63)49-74-80(68,69)76-53-57(78-61(66)47-42-37-31-20-17-14-11-8-3)51-72-59(64)45-40-35-30-19-16-13-10-7-2/h55-58,63H,6-54H2,1-5H3,(H,68,69)(H,70,71)/t56-,57+,58+/m0/s1. The Balaban J connectivity index is 5.21. The van der Waals surface area contributed by atoms with Gasteiger partial charge in [-0.3, -0.25) is 37.3 Å². The highest BCUT2D eigenvalue weighted by Crippen LogP contribution is 2.45. The van der Waals surface area contributed by atoms with Gasteiger partial charge in [0.1, 0.15) is 19.3 Å². The van der Waals surface area contributed by atoms with E-state index in [9.17, 15) is 43.2 Å². The summed E-state index contributed by atoms with van der Waals surface area (Å²) in [5, 5.41) is 10.5. The Hall–Kier alpha value is -1.94. The van der Waals surface area contributed by atoms with Gasteiger partial charge in [-0.25, -0.2) is 9.13 Å². The van der Waals surface area contributed by atoms with Crippen LogP contribution in [0.4, 0.5) is 0 Å². The summed E-state index contributed by atoms with van der Waals surface area (Å²) < 4.78 is 67.8. The van der Waals surface area contributed by atoms with Gasteiger partial charge in [0.15, 0.2) is 12.2 Å². The molecule has 480 valence electrons. The molecule has 17 nitrogen and oxygen atoms in total. The minimum atomic E-state index is -4.94. The fourth-order valence-electron chi connectivity index (χ4n) is 9.23. The monoisotopic (exact) mass is 1200 g/mol. The van der Waals surface area contributed by atoms with Crippen molar-refractivity contribution in [2.75, 3.05) is 39.6 Å². The molecule has 0 amide bonds. The zero-order valence-corrected chi connectivity index (χ0v) is 53.7. The quantitative estimate of drug-likeness (QED) is 0.0222. The minimum absolute atomic E-state index is 0.105. The number of esters is 4. The molecule has 0 aromatic heterocycles. The highest BCUT2D eigenvalue weighted by molar-refractivity contribution is 7.47. The van der Waals surface area contributed by atoms with Gasteiger partial charge >= 0.3 is 39.5 Å². The van der Waals surface area contributed by atoms with E-state index in [0.29, 0.717) is 25.7 Å². The lowest BCUT2D eigenvalue weighted by atomic mass is 10.0. The smallest absolute Gasteiger partial charge is 0.462 e. The van der Waals surface area contributed by atoms with Crippen LogP contribution in [0, 0.1) is 5.92 Å². The SMILES string of the molecule is CCCCCCCCCCCCCCCCC(=O)O[C@H](COC(=O)CCCCCCCCCCC(C)C)COP(=O)(O)OC[C@@H](O)COP(=O)(O)OC[C@@H](COC(=O)CCCCCCCCCC)OC(=O)CCCCCCCCCC. The maximum Gasteiger partial charge on any atom is 0.472 e. The third kappa shape index (κ3) is 56.9. The van der Waals surface area contributed by atoms with E-state index in [1.54, 1.807) is 0 Å². The Morgan fingerprint density at radius 1 is 0.333 bits per heavy atom. The number of hydrogen-bond acceptors (Lipinski definition) is 15. The Labute approximate surface area is 492 Å². The number of unbranched alkanes of at least 4 members (excludes halogenated alkanes) is 34. The highest BCUT2D eigenvalue weighted by Gasteiger charge is 2.30. The first-order chi connectivity index (χ1) is 39.0. The van der Waals surface area contributed by atoms with E-state index in [4.69, 9.17) is 37.0 Å². The summed E-state index contributed by atoms with van der Waals surface area (Å²) in [5.74, 6) is -1.41. The van der Waals surface area contributed by atoms with Crippen LogP contribution in [0.25, 0.3) is 0 Å². The predicted molar refractivity (Wildman–Crippen MR) is 322 cm³/mol. The number of carbonyl (C=O) groups excluding carboxylic acids is 4. The van der Waals surface area contributed by atoms with E-state index in [2.05, 4.69) is 34.6 Å². The summed E-state index contributed by atoms with van der Waals surface area (Å²) in [6.07, 6.45) is 39.0. The molecule has 0 aliphatic heterocycles. The molecule has 0 heterocycles. The third-order valence-electron chi connectivity index (χ3n) is 14.3. The van der Waals surface area contributed by atoms with Crippen molar-refractivity contribution in [2.24, 2.45) is 5.92 Å². The van der Waals surface area contributed by atoms with Crippen LogP contribution in [0.5, 0.6) is 0 Å². The molecule has 19 heteroatoms. The van der Waals surface area contributed by atoms with Gasteiger partial charge in [0, 0.05) is 25.7 Å². The Morgan fingerprint density at radius 2 is 0.568 bits per heavy atom. The molecule has 0 saturated heterocycles. The van der Waals surface area contributed by atoms with Crippen LogP contribution in [0.3, 0.4) is 0 Å². The summed E-state index contributed by atoms with van der Waals surface area (Å²) >= 11 is 0. The van der Waals surface area contributed by atoms with Gasteiger partial charge < -0.3 is 33.8 Å². The van der Waals surface area contributed by atoms with Gasteiger partial charge in [-0.1, -0.05) is 259 Å². The van der Waals surface area contributed by atoms with Crippen molar-refractivity contribution in [3.63, 3.8) is 0 Å². The molecule has 0 radical (unpaired) electrons. The first-order valence-electron chi connectivity index (χ1n) is 32.6. The van der Waals surface area contributed by atoms with E-state index >= 15 is 0 Å². The molecular formula is C62H120O17P2.